The van der Waals surface area contributed by atoms with Gasteiger partial charge < -0.3 is 9.64 Å². The molecule has 1 aromatic heterocycles. The fourth-order valence-electron chi connectivity index (χ4n) is 3.91. The molecule has 1 saturated heterocycles. The summed E-state index contributed by atoms with van der Waals surface area (Å²) < 4.78 is 5.52. The van der Waals surface area contributed by atoms with Crippen molar-refractivity contribution in [3.63, 3.8) is 0 Å². The second kappa shape index (κ2) is 10.1. The average molecular weight is 416 g/mol. The Labute approximate surface area is 183 Å². The van der Waals surface area contributed by atoms with Gasteiger partial charge >= 0.3 is 0 Å². The minimum Gasteiger partial charge on any atom is -0.495 e. The van der Waals surface area contributed by atoms with Crippen molar-refractivity contribution in [1.82, 2.24) is 9.88 Å². The van der Waals surface area contributed by atoms with Crippen molar-refractivity contribution in [2.45, 2.75) is 0 Å². The molecule has 1 fully saturated rings. The van der Waals surface area contributed by atoms with E-state index >= 15 is 0 Å². The fraction of sp³-hybridized carbons (Fsp3) is 0.280. The normalized spacial score (nSPS) is 14.3. The molecule has 160 valence electrons. The van der Waals surface area contributed by atoms with E-state index in [0.29, 0.717) is 17.9 Å². The molecule has 2 heterocycles. The molecule has 0 unspecified atom stereocenters. The van der Waals surface area contributed by atoms with E-state index in [1.807, 2.05) is 66.7 Å². The number of methoxy groups -OCH3 is 1. The quantitative estimate of drug-likeness (QED) is 0.591. The molecular formula is C25H28N4O2. The number of rotatable bonds is 7. The minimum atomic E-state index is -0.0213. The van der Waals surface area contributed by atoms with E-state index in [1.54, 1.807) is 18.2 Å². The predicted molar refractivity (Wildman–Crippen MR) is 124 cm³/mol. The summed E-state index contributed by atoms with van der Waals surface area (Å²) >= 11 is 0. The summed E-state index contributed by atoms with van der Waals surface area (Å²) in [4.78, 5) is 24.1. The van der Waals surface area contributed by atoms with Gasteiger partial charge in [0.15, 0.2) is 0 Å². The first kappa shape index (κ1) is 20.9. The number of hydrogen-bond donors (Lipinski definition) is 0. The lowest BCUT2D eigenvalue weighted by Gasteiger charge is -2.37. The van der Waals surface area contributed by atoms with E-state index in [-0.39, 0.29) is 5.91 Å². The summed E-state index contributed by atoms with van der Waals surface area (Å²) in [5, 5.41) is 0. The van der Waals surface area contributed by atoms with E-state index < -0.39 is 0 Å². The Morgan fingerprint density at radius 2 is 1.65 bits per heavy atom. The number of anilines is 2. The minimum absolute atomic E-state index is 0.0213. The number of amides is 1. The molecule has 3 aromatic rings. The average Bonchev–Trinajstić information content (AvgIpc) is 2.85. The Morgan fingerprint density at radius 3 is 2.35 bits per heavy atom. The van der Waals surface area contributed by atoms with Crippen LogP contribution in [0, 0.1) is 0 Å². The lowest BCUT2D eigenvalue weighted by Crippen LogP contribution is -2.49. The summed E-state index contributed by atoms with van der Waals surface area (Å²) in [6, 6.07) is 23.2. The molecule has 6 heteroatoms. The van der Waals surface area contributed by atoms with Crippen LogP contribution >= 0.6 is 0 Å². The third-order valence-electron chi connectivity index (χ3n) is 5.63. The van der Waals surface area contributed by atoms with Crippen LogP contribution in [0.4, 0.5) is 11.5 Å². The monoisotopic (exact) mass is 415 g/mol. The molecule has 1 amide bonds. The van der Waals surface area contributed by atoms with E-state index in [0.717, 1.165) is 44.2 Å². The molecule has 0 radical (unpaired) electrons. The van der Waals surface area contributed by atoms with Crippen molar-refractivity contribution >= 4 is 17.4 Å². The molecule has 2 aromatic carbocycles. The third-order valence-corrected chi connectivity index (χ3v) is 5.63. The highest BCUT2D eigenvalue weighted by atomic mass is 16.5. The van der Waals surface area contributed by atoms with Crippen LogP contribution in [0.25, 0.3) is 0 Å². The Bertz CT molecular complexity index is 973. The molecule has 0 saturated carbocycles. The second-order valence-electron chi connectivity index (χ2n) is 7.51. The number of carbonyl (C=O) groups is 1. The molecule has 0 atom stereocenters. The maximum Gasteiger partial charge on any atom is 0.259 e. The number of benzene rings is 2. The van der Waals surface area contributed by atoms with Crippen LogP contribution in [-0.2, 0) is 0 Å². The van der Waals surface area contributed by atoms with Crippen LogP contribution in [0.3, 0.4) is 0 Å². The molecule has 0 spiro atoms. The summed E-state index contributed by atoms with van der Waals surface area (Å²) in [7, 11) is 1.71. The zero-order valence-electron chi connectivity index (χ0n) is 17.9. The summed E-state index contributed by atoms with van der Waals surface area (Å²) in [5.41, 5.74) is 1.81. The number of ether oxygens (including phenoxy) is 1. The molecule has 31 heavy (non-hydrogen) atoms. The Hall–Kier alpha value is -3.38. The molecule has 0 N–H and O–H groups in total. The van der Waals surface area contributed by atoms with Gasteiger partial charge in [-0.05, 0) is 36.4 Å². The number of aromatic nitrogens is 1. The van der Waals surface area contributed by atoms with Crippen molar-refractivity contribution in [1.29, 1.82) is 0 Å². The summed E-state index contributed by atoms with van der Waals surface area (Å²) in [6.07, 6.45) is 1.73. The highest BCUT2D eigenvalue weighted by Gasteiger charge is 2.23. The van der Waals surface area contributed by atoms with E-state index in [2.05, 4.69) is 20.9 Å². The smallest absolute Gasteiger partial charge is 0.259 e. The van der Waals surface area contributed by atoms with Crippen molar-refractivity contribution in [2.75, 3.05) is 56.2 Å². The van der Waals surface area contributed by atoms with Crippen molar-refractivity contribution in [3.8, 4) is 5.75 Å². The predicted octanol–water partition coefficient (Wildman–Crippen LogP) is 3.56. The fourth-order valence-corrected chi connectivity index (χ4v) is 3.91. The molecule has 1 aliphatic rings. The standard InChI is InChI=1S/C25H28N4O2/c1-31-23-12-6-5-11-22(23)28-18-15-27(16-19-28)17-20-29(24-13-7-8-14-26-24)25(30)21-9-3-2-4-10-21/h2-14H,15-20H2,1H3/i25-1. The SMILES string of the molecule is COc1ccccc1N1CCN(CCN(c2ccccn2)[11C](=O)c2ccccc2)CC1. The van der Waals surface area contributed by atoms with Gasteiger partial charge in [-0.3, -0.25) is 14.6 Å². The van der Waals surface area contributed by atoms with Gasteiger partial charge in [0.05, 0.1) is 12.8 Å². The van der Waals surface area contributed by atoms with Crippen LogP contribution in [-0.4, -0.2) is 62.2 Å². The Kier molecular flexibility index (Phi) is 6.79. The highest BCUT2D eigenvalue weighted by molar-refractivity contribution is 6.05. The molecule has 0 bridgehead atoms. The highest BCUT2D eigenvalue weighted by Crippen LogP contribution is 2.28. The van der Waals surface area contributed by atoms with E-state index in [1.165, 1.54) is 0 Å². The lowest BCUT2D eigenvalue weighted by molar-refractivity contribution is 0.0982. The van der Waals surface area contributed by atoms with Crippen molar-refractivity contribution < 1.29 is 9.53 Å². The first-order valence-electron chi connectivity index (χ1n) is 10.6. The van der Waals surface area contributed by atoms with Gasteiger partial charge in [-0.15, -0.1) is 0 Å². The Morgan fingerprint density at radius 1 is 0.935 bits per heavy atom. The largest absolute Gasteiger partial charge is 0.495 e. The molecular weight excluding hydrogens is 387 g/mol. The first-order chi connectivity index (χ1) is 15.3. The van der Waals surface area contributed by atoms with Gasteiger partial charge in [0.1, 0.15) is 11.6 Å². The van der Waals surface area contributed by atoms with Gasteiger partial charge in [-0.25, -0.2) is 4.98 Å². The summed E-state index contributed by atoms with van der Waals surface area (Å²) in [5.74, 6) is 1.57. The second-order valence-corrected chi connectivity index (χ2v) is 7.51. The van der Waals surface area contributed by atoms with Crippen LogP contribution in [0.1, 0.15) is 10.4 Å². The topological polar surface area (TPSA) is 48.9 Å². The molecule has 6 nitrogen and oxygen atoms in total. The molecule has 0 aliphatic carbocycles. The maximum atomic E-state index is 13.2. The number of para-hydroxylation sites is 2. The maximum absolute atomic E-state index is 13.2. The molecule has 1 aliphatic heterocycles. The van der Waals surface area contributed by atoms with Gasteiger partial charge in [0.25, 0.3) is 5.91 Å². The van der Waals surface area contributed by atoms with Gasteiger partial charge in [-0.2, -0.15) is 0 Å². The number of pyridine rings is 1. The Balaban J connectivity index is 1.40. The van der Waals surface area contributed by atoms with Crippen LogP contribution in [0.5, 0.6) is 5.75 Å². The van der Waals surface area contributed by atoms with Gasteiger partial charge in [0.2, 0.25) is 0 Å². The third kappa shape index (κ3) is 5.03. The number of piperazine rings is 1. The van der Waals surface area contributed by atoms with Gasteiger partial charge in [-0.1, -0.05) is 36.4 Å². The van der Waals surface area contributed by atoms with Crippen molar-refractivity contribution in [2.24, 2.45) is 0 Å². The van der Waals surface area contributed by atoms with Crippen LogP contribution < -0.4 is 14.5 Å². The number of carbonyl (C=O) groups excluding carboxylic acids is 1. The number of hydrogen-bond acceptors (Lipinski definition) is 5. The zero-order chi connectivity index (χ0) is 21.5. The summed E-state index contributed by atoms with van der Waals surface area (Å²) in [6.45, 7) is 5.13. The van der Waals surface area contributed by atoms with Crippen molar-refractivity contribution in [3.05, 3.63) is 84.6 Å². The van der Waals surface area contributed by atoms with Crippen LogP contribution in [0.2, 0.25) is 0 Å². The van der Waals surface area contributed by atoms with E-state index in [9.17, 15) is 4.79 Å². The molecule has 4 rings (SSSR count). The lowest BCUT2D eigenvalue weighted by atomic mass is 9.86. The number of nitrogens with zero attached hydrogens (tertiary/aromatic N) is 4. The zero-order valence-corrected chi connectivity index (χ0v) is 17.9. The first-order valence-corrected chi connectivity index (χ1v) is 10.6. The van der Waals surface area contributed by atoms with Crippen LogP contribution in [0.15, 0.2) is 79.0 Å². The van der Waals surface area contributed by atoms with Gasteiger partial charge in [0, 0.05) is 51.0 Å². The van der Waals surface area contributed by atoms with E-state index in [4.69, 9.17) is 4.74 Å².